The molecule has 0 aromatic carbocycles. The van der Waals surface area contributed by atoms with Crippen molar-refractivity contribution < 1.29 is 4.79 Å². The first-order valence-electron chi connectivity index (χ1n) is 7.65. The molecule has 0 saturated heterocycles. The topological polar surface area (TPSA) is 20.3 Å². The molecule has 1 aliphatic carbocycles. The van der Waals surface area contributed by atoms with Crippen LogP contribution in [-0.4, -0.2) is 28.7 Å². The summed E-state index contributed by atoms with van der Waals surface area (Å²) in [5.74, 6) is 0.387. The zero-order valence-corrected chi connectivity index (χ0v) is 13.4. The first kappa shape index (κ1) is 16.0. The minimum Gasteiger partial charge on any atom is -0.339 e. The maximum absolute atomic E-state index is 12.3. The van der Waals surface area contributed by atoms with Crippen molar-refractivity contribution in [1.29, 1.82) is 0 Å². The summed E-state index contributed by atoms with van der Waals surface area (Å²) in [6.45, 7) is 3.10. The van der Waals surface area contributed by atoms with Crippen LogP contribution < -0.4 is 0 Å². The minimum atomic E-state index is 0.387. The fourth-order valence-corrected chi connectivity index (χ4v) is 3.22. The lowest BCUT2D eigenvalue weighted by molar-refractivity contribution is -0.134. The van der Waals surface area contributed by atoms with E-state index in [9.17, 15) is 4.79 Å². The number of alkyl halides is 1. The van der Waals surface area contributed by atoms with Crippen molar-refractivity contribution in [3.8, 4) is 0 Å². The van der Waals surface area contributed by atoms with Crippen molar-refractivity contribution in [2.24, 2.45) is 0 Å². The minimum absolute atomic E-state index is 0.387. The van der Waals surface area contributed by atoms with E-state index in [4.69, 9.17) is 0 Å². The molecular weight excluding hydrogens is 290 g/mol. The van der Waals surface area contributed by atoms with Crippen molar-refractivity contribution >= 4 is 21.8 Å². The monoisotopic (exact) mass is 317 g/mol. The van der Waals surface area contributed by atoms with Crippen LogP contribution in [0.15, 0.2) is 0 Å². The Bertz CT molecular complexity index is 227. The van der Waals surface area contributed by atoms with Gasteiger partial charge in [-0.15, -0.1) is 0 Å². The van der Waals surface area contributed by atoms with Crippen LogP contribution >= 0.6 is 15.9 Å². The van der Waals surface area contributed by atoms with E-state index in [0.717, 1.165) is 24.7 Å². The highest BCUT2D eigenvalue weighted by molar-refractivity contribution is 9.09. The van der Waals surface area contributed by atoms with Crippen molar-refractivity contribution in [2.45, 2.75) is 77.2 Å². The SMILES string of the molecule is CCCCCCC(=O)N(CCBr)C1CCCCC1. The fraction of sp³-hybridized carbons (Fsp3) is 0.933. The molecule has 0 radical (unpaired) electrons. The molecule has 0 aromatic heterocycles. The summed E-state index contributed by atoms with van der Waals surface area (Å²) in [5, 5.41) is 0.907. The molecule has 3 heteroatoms. The van der Waals surface area contributed by atoms with E-state index in [1.807, 2.05) is 0 Å². The largest absolute Gasteiger partial charge is 0.339 e. The highest BCUT2D eigenvalue weighted by Crippen LogP contribution is 2.23. The fourth-order valence-electron chi connectivity index (χ4n) is 2.84. The van der Waals surface area contributed by atoms with Gasteiger partial charge in [0.1, 0.15) is 0 Å². The van der Waals surface area contributed by atoms with Gasteiger partial charge in [-0.1, -0.05) is 61.4 Å². The molecule has 1 saturated carbocycles. The Hall–Kier alpha value is -0.0500. The lowest BCUT2D eigenvalue weighted by atomic mass is 9.94. The molecule has 0 bridgehead atoms. The predicted molar refractivity (Wildman–Crippen MR) is 81.1 cm³/mol. The predicted octanol–water partition coefficient (Wildman–Crippen LogP) is 4.51. The third kappa shape index (κ3) is 5.73. The summed E-state index contributed by atoms with van der Waals surface area (Å²) in [4.78, 5) is 14.5. The van der Waals surface area contributed by atoms with Gasteiger partial charge in [-0.3, -0.25) is 4.79 Å². The Balaban J connectivity index is 2.36. The van der Waals surface area contributed by atoms with Crippen LogP contribution in [0.5, 0.6) is 0 Å². The molecule has 1 fully saturated rings. The molecule has 1 aliphatic rings. The van der Waals surface area contributed by atoms with Crippen molar-refractivity contribution in [3.05, 3.63) is 0 Å². The zero-order chi connectivity index (χ0) is 13.2. The molecule has 1 amide bonds. The van der Waals surface area contributed by atoms with Gasteiger partial charge in [0.2, 0.25) is 5.91 Å². The van der Waals surface area contributed by atoms with Crippen LogP contribution in [0, 0.1) is 0 Å². The van der Waals surface area contributed by atoms with Crippen LogP contribution in [-0.2, 0) is 4.79 Å². The van der Waals surface area contributed by atoms with Gasteiger partial charge in [-0.25, -0.2) is 0 Å². The Morgan fingerprint density at radius 1 is 1.17 bits per heavy atom. The lowest BCUT2D eigenvalue weighted by Crippen LogP contribution is -2.42. The quantitative estimate of drug-likeness (QED) is 0.476. The Labute approximate surface area is 121 Å². The number of hydrogen-bond donors (Lipinski definition) is 0. The lowest BCUT2D eigenvalue weighted by Gasteiger charge is -2.34. The smallest absolute Gasteiger partial charge is 0.222 e. The molecule has 0 aromatic rings. The number of nitrogens with zero attached hydrogens (tertiary/aromatic N) is 1. The summed E-state index contributed by atoms with van der Waals surface area (Å²) in [6, 6.07) is 0.523. The molecule has 0 N–H and O–H groups in total. The van der Waals surface area contributed by atoms with E-state index in [1.165, 1.54) is 51.4 Å². The maximum atomic E-state index is 12.3. The van der Waals surface area contributed by atoms with Gasteiger partial charge < -0.3 is 4.90 Å². The standard InChI is InChI=1S/C15H28BrNO/c1-2-3-4-8-11-15(18)17(13-12-16)14-9-6-5-7-10-14/h14H,2-13H2,1H3. The van der Waals surface area contributed by atoms with Crippen molar-refractivity contribution in [1.82, 2.24) is 4.90 Å². The van der Waals surface area contributed by atoms with Gasteiger partial charge in [0.25, 0.3) is 0 Å². The van der Waals surface area contributed by atoms with Crippen LogP contribution in [0.2, 0.25) is 0 Å². The molecule has 0 heterocycles. The van der Waals surface area contributed by atoms with E-state index in [1.54, 1.807) is 0 Å². The van der Waals surface area contributed by atoms with Gasteiger partial charge in [0.05, 0.1) is 0 Å². The van der Waals surface area contributed by atoms with E-state index in [0.29, 0.717) is 11.9 Å². The second-order valence-electron chi connectivity index (χ2n) is 5.38. The highest BCUT2D eigenvalue weighted by atomic mass is 79.9. The number of hydrogen-bond acceptors (Lipinski definition) is 1. The number of carbonyl (C=O) groups excluding carboxylic acids is 1. The number of carbonyl (C=O) groups is 1. The number of rotatable bonds is 8. The first-order chi connectivity index (χ1) is 8.79. The Morgan fingerprint density at radius 3 is 2.50 bits per heavy atom. The van der Waals surface area contributed by atoms with Crippen LogP contribution in [0.1, 0.15) is 71.1 Å². The first-order valence-corrected chi connectivity index (χ1v) is 8.77. The van der Waals surface area contributed by atoms with Gasteiger partial charge >= 0.3 is 0 Å². The van der Waals surface area contributed by atoms with E-state index in [2.05, 4.69) is 27.8 Å². The summed E-state index contributed by atoms with van der Waals surface area (Å²) in [6.07, 6.45) is 11.9. The molecule has 0 unspecified atom stereocenters. The van der Waals surface area contributed by atoms with E-state index < -0.39 is 0 Å². The van der Waals surface area contributed by atoms with Gasteiger partial charge in [-0.05, 0) is 19.3 Å². The summed E-state index contributed by atoms with van der Waals surface area (Å²) >= 11 is 3.48. The van der Waals surface area contributed by atoms with Crippen LogP contribution in [0.4, 0.5) is 0 Å². The molecule has 0 aliphatic heterocycles. The normalized spacial score (nSPS) is 16.8. The van der Waals surface area contributed by atoms with Crippen molar-refractivity contribution in [3.63, 3.8) is 0 Å². The Morgan fingerprint density at radius 2 is 1.89 bits per heavy atom. The molecule has 0 spiro atoms. The highest BCUT2D eigenvalue weighted by Gasteiger charge is 2.24. The number of amides is 1. The van der Waals surface area contributed by atoms with E-state index >= 15 is 0 Å². The third-order valence-electron chi connectivity index (χ3n) is 3.91. The second kappa shape index (κ2) is 9.82. The van der Waals surface area contributed by atoms with Crippen LogP contribution in [0.3, 0.4) is 0 Å². The summed E-state index contributed by atoms with van der Waals surface area (Å²) < 4.78 is 0. The summed E-state index contributed by atoms with van der Waals surface area (Å²) in [5.41, 5.74) is 0. The Kier molecular flexibility index (Phi) is 8.74. The number of halogens is 1. The number of unbranched alkanes of at least 4 members (excludes halogenated alkanes) is 3. The third-order valence-corrected chi connectivity index (χ3v) is 4.26. The molecule has 106 valence electrons. The molecule has 1 rings (SSSR count). The summed E-state index contributed by atoms with van der Waals surface area (Å²) in [7, 11) is 0. The van der Waals surface area contributed by atoms with E-state index in [-0.39, 0.29) is 0 Å². The molecule has 0 atom stereocenters. The molecular formula is C15H28BrNO. The average molecular weight is 318 g/mol. The maximum Gasteiger partial charge on any atom is 0.222 e. The molecule has 18 heavy (non-hydrogen) atoms. The molecule has 2 nitrogen and oxygen atoms in total. The van der Waals surface area contributed by atoms with Crippen molar-refractivity contribution in [2.75, 3.05) is 11.9 Å². The average Bonchev–Trinajstić information content (AvgIpc) is 2.41. The van der Waals surface area contributed by atoms with Crippen LogP contribution in [0.25, 0.3) is 0 Å². The van der Waals surface area contributed by atoms with Gasteiger partial charge in [0, 0.05) is 24.3 Å². The zero-order valence-electron chi connectivity index (χ0n) is 11.8. The van der Waals surface area contributed by atoms with Gasteiger partial charge in [0.15, 0.2) is 0 Å². The van der Waals surface area contributed by atoms with Gasteiger partial charge in [-0.2, -0.15) is 0 Å². The second-order valence-corrected chi connectivity index (χ2v) is 6.17.